The Labute approximate surface area is 174 Å². The fraction of sp³-hybridized carbons (Fsp3) is 1.00. The Morgan fingerprint density at radius 1 is 0.421 bits per heavy atom. The van der Waals surface area contributed by atoms with E-state index in [-0.39, 0.29) is 125 Å². The van der Waals surface area contributed by atoms with Gasteiger partial charge in [0.25, 0.3) is 0 Å². The van der Waals surface area contributed by atoms with E-state index in [1.54, 1.807) is 0 Å². The van der Waals surface area contributed by atoms with E-state index >= 15 is 0 Å². The minimum atomic E-state index is 0. The summed E-state index contributed by atoms with van der Waals surface area (Å²) in [6, 6.07) is 0. The average Bonchev–Trinajstić information content (AvgIpc) is 1.81. The van der Waals surface area contributed by atoms with Crippen molar-refractivity contribution in [3.05, 3.63) is 0 Å². The van der Waals surface area contributed by atoms with Gasteiger partial charge in [-0.1, -0.05) is 12.8 Å². The van der Waals surface area contributed by atoms with Crippen LogP contribution in [-0.4, -0.2) is 13.1 Å². The van der Waals surface area contributed by atoms with Crippen LogP contribution in [-0.2, 0) is 63.2 Å². The van der Waals surface area contributed by atoms with Crippen molar-refractivity contribution in [3.8, 4) is 0 Å². The molecule has 0 aromatic carbocycles. The molecule has 0 aromatic heterocycles. The maximum absolute atomic E-state index is 5.28. The smallest absolute Gasteiger partial charge is 0.344 e. The molecule has 0 aromatic rings. The van der Waals surface area contributed by atoms with Crippen LogP contribution in [0.3, 0.4) is 0 Å². The fourth-order valence-corrected chi connectivity index (χ4v) is 0.642. The van der Waals surface area contributed by atoms with Crippen molar-refractivity contribution in [1.82, 2.24) is 36.9 Å². The minimum absolute atomic E-state index is 0. The molecule has 8 nitrogen and oxygen atoms in total. The predicted molar refractivity (Wildman–Crippen MR) is 81.2 cm³/mol. The molecule has 0 heterocycles. The zero-order valence-corrected chi connectivity index (χ0v) is 19.9. The molecule has 138 valence electrons. The summed E-state index contributed by atoms with van der Waals surface area (Å²) in [6.07, 6.45) is 4.79. The molecule has 0 rings (SSSR count). The Kier molecular flexibility index (Phi) is 584. The van der Waals surface area contributed by atoms with Crippen LogP contribution in [0.5, 0.6) is 0 Å². The molecule has 0 bridgehead atoms. The Hall–Kier alpha value is 2.32. The van der Waals surface area contributed by atoms with Gasteiger partial charge in [0.15, 0.2) is 0 Å². The van der Waals surface area contributed by atoms with Gasteiger partial charge >= 0.3 is 63.2 Å². The molecular formula is C6H36Cl2N8Pt3+6. The molecule has 0 aliphatic carbocycles. The SMILES string of the molecule is Cl.Cl.N.N.N.N.N.N.NCCCCCCN.[Pt+2].[Pt+2].[Pt+2]. The quantitative estimate of drug-likeness (QED) is 0.190. The first kappa shape index (κ1) is 101. The molecule has 0 saturated heterocycles. The molecule has 0 aliphatic rings. The second-order valence-electron chi connectivity index (χ2n) is 1.99. The molecule has 0 spiro atoms. The maximum Gasteiger partial charge on any atom is 2.00 e. The van der Waals surface area contributed by atoms with Gasteiger partial charge in [-0.25, -0.2) is 0 Å². The zero-order chi connectivity index (χ0) is 6.24. The van der Waals surface area contributed by atoms with E-state index in [1.165, 1.54) is 12.8 Å². The van der Waals surface area contributed by atoms with E-state index < -0.39 is 0 Å². The first-order valence-electron chi connectivity index (χ1n) is 3.32. The summed E-state index contributed by atoms with van der Waals surface area (Å²) in [5.41, 5.74) is 10.6. The van der Waals surface area contributed by atoms with E-state index in [1.807, 2.05) is 0 Å². The Morgan fingerprint density at radius 3 is 0.684 bits per heavy atom. The van der Waals surface area contributed by atoms with Crippen LogP contribution in [0.4, 0.5) is 0 Å². The predicted octanol–water partition coefficient (Wildman–Crippen LogP) is 2.27. The molecule has 0 aliphatic heterocycles. The van der Waals surface area contributed by atoms with Gasteiger partial charge in [0, 0.05) is 0 Å². The zero-order valence-electron chi connectivity index (χ0n) is 11.4. The van der Waals surface area contributed by atoms with Gasteiger partial charge in [-0.05, 0) is 25.9 Å². The largest absolute Gasteiger partial charge is 2.00 e. The molecule has 13 heteroatoms. The molecule has 19 heavy (non-hydrogen) atoms. The third-order valence-corrected chi connectivity index (χ3v) is 1.16. The van der Waals surface area contributed by atoms with Crippen molar-refractivity contribution in [2.24, 2.45) is 11.5 Å². The van der Waals surface area contributed by atoms with Crippen LogP contribution in [0, 0.1) is 0 Å². The van der Waals surface area contributed by atoms with Crippen molar-refractivity contribution in [2.45, 2.75) is 25.7 Å². The molecular weight excluding hydrogens is 840 g/mol. The molecule has 0 saturated carbocycles. The topological polar surface area (TPSA) is 262 Å². The number of rotatable bonds is 5. The van der Waals surface area contributed by atoms with Gasteiger partial charge in [0.05, 0.1) is 0 Å². The second-order valence-corrected chi connectivity index (χ2v) is 1.99. The fourth-order valence-electron chi connectivity index (χ4n) is 0.642. The molecule has 0 amide bonds. The van der Waals surface area contributed by atoms with Crippen molar-refractivity contribution in [2.75, 3.05) is 13.1 Å². The number of hydrogen-bond donors (Lipinski definition) is 8. The maximum atomic E-state index is 5.28. The van der Waals surface area contributed by atoms with E-state index in [0.29, 0.717) is 0 Å². The first-order valence-corrected chi connectivity index (χ1v) is 3.32. The molecule has 22 N–H and O–H groups in total. The summed E-state index contributed by atoms with van der Waals surface area (Å²) in [7, 11) is 0. The van der Waals surface area contributed by atoms with Crippen molar-refractivity contribution < 1.29 is 63.2 Å². The summed E-state index contributed by atoms with van der Waals surface area (Å²) in [4.78, 5) is 0. The van der Waals surface area contributed by atoms with Gasteiger partial charge in [-0.2, -0.15) is 0 Å². The standard InChI is InChI=1S/C6H16N2.2ClH.6H3N.3Pt/c7-5-3-1-2-4-6-8;;;;;;;;;;;/h1-8H2;2*1H;6*1H3;;;/q;;;;;;;;;3*+2. The second kappa shape index (κ2) is 110. The summed E-state index contributed by atoms with van der Waals surface area (Å²) < 4.78 is 0. The summed E-state index contributed by atoms with van der Waals surface area (Å²) >= 11 is 0. The summed E-state index contributed by atoms with van der Waals surface area (Å²) in [5.74, 6) is 0. The van der Waals surface area contributed by atoms with Crippen LogP contribution < -0.4 is 48.4 Å². The number of nitrogens with two attached hydrogens (primary N) is 2. The van der Waals surface area contributed by atoms with Crippen molar-refractivity contribution >= 4 is 24.8 Å². The van der Waals surface area contributed by atoms with Gasteiger partial charge < -0.3 is 48.4 Å². The van der Waals surface area contributed by atoms with E-state index in [2.05, 4.69) is 0 Å². The van der Waals surface area contributed by atoms with Crippen LogP contribution in [0.1, 0.15) is 25.7 Å². The molecule has 0 atom stereocenters. The normalized spacial score (nSPS) is 4.11. The van der Waals surface area contributed by atoms with Gasteiger partial charge in [0.2, 0.25) is 0 Å². The first-order chi connectivity index (χ1) is 3.91. The van der Waals surface area contributed by atoms with Gasteiger partial charge in [-0.15, -0.1) is 24.8 Å². The van der Waals surface area contributed by atoms with Gasteiger partial charge in [0.1, 0.15) is 0 Å². The average molecular weight is 877 g/mol. The summed E-state index contributed by atoms with van der Waals surface area (Å²) in [6.45, 7) is 1.65. The minimum Gasteiger partial charge on any atom is -0.344 e. The third kappa shape index (κ3) is 127. The van der Waals surface area contributed by atoms with E-state index in [4.69, 9.17) is 11.5 Å². The molecule has 0 fully saturated rings. The number of halogens is 2. The van der Waals surface area contributed by atoms with Gasteiger partial charge in [-0.3, -0.25) is 0 Å². The number of hydrogen-bond acceptors (Lipinski definition) is 8. The molecule has 0 unspecified atom stereocenters. The van der Waals surface area contributed by atoms with Crippen LogP contribution in [0.2, 0.25) is 0 Å². The van der Waals surface area contributed by atoms with Crippen molar-refractivity contribution in [3.63, 3.8) is 0 Å². The number of unbranched alkanes of at least 4 members (excludes halogenated alkanes) is 3. The summed E-state index contributed by atoms with van der Waals surface area (Å²) in [5, 5.41) is 0. The van der Waals surface area contributed by atoms with Crippen LogP contribution in [0.15, 0.2) is 0 Å². The Bertz CT molecular complexity index is 59.5. The Balaban J connectivity index is -0.00000000445. The Morgan fingerprint density at radius 2 is 0.579 bits per heavy atom. The monoisotopic (exact) mass is 875 g/mol. The van der Waals surface area contributed by atoms with Crippen LogP contribution >= 0.6 is 24.8 Å². The van der Waals surface area contributed by atoms with E-state index in [0.717, 1.165) is 25.9 Å². The van der Waals surface area contributed by atoms with E-state index in [9.17, 15) is 0 Å². The molecule has 0 radical (unpaired) electrons. The van der Waals surface area contributed by atoms with Crippen LogP contribution in [0.25, 0.3) is 0 Å². The van der Waals surface area contributed by atoms with Crippen molar-refractivity contribution in [1.29, 1.82) is 0 Å². The third-order valence-electron chi connectivity index (χ3n) is 1.16.